The fourth-order valence-corrected chi connectivity index (χ4v) is 9.54. The third-order valence-corrected chi connectivity index (χ3v) is 14.6. The molecule has 0 saturated carbocycles. The Balaban J connectivity index is 4.43. The van der Waals surface area contributed by atoms with Gasteiger partial charge in [0.1, 0.15) is 13.2 Å². The molecule has 6 nitrogen and oxygen atoms in total. The Bertz CT molecular complexity index is 1540. The average Bonchev–Trinajstić information content (AvgIpc) is 3.45. The summed E-state index contributed by atoms with van der Waals surface area (Å²) in [6, 6.07) is 0. The molecule has 454 valence electrons. The van der Waals surface area contributed by atoms with E-state index < -0.39 is 6.10 Å². The summed E-state index contributed by atoms with van der Waals surface area (Å²) in [7, 11) is 0. The van der Waals surface area contributed by atoms with Gasteiger partial charge in [0.25, 0.3) is 0 Å². The van der Waals surface area contributed by atoms with Crippen molar-refractivity contribution >= 4 is 17.9 Å². The molecule has 0 saturated heterocycles. The van der Waals surface area contributed by atoms with Gasteiger partial charge in [-0.25, -0.2) is 0 Å². The summed E-state index contributed by atoms with van der Waals surface area (Å²) in [5, 5.41) is 0. The summed E-state index contributed by atoms with van der Waals surface area (Å²) in [5.74, 6) is -0.904. The second-order valence-corrected chi connectivity index (χ2v) is 22.4. The van der Waals surface area contributed by atoms with E-state index in [2.05, 4.69) is 118 Å². The van der Waals surface area contributed by atoms with Crippen molar-refractivity contribution in [3.05, 3.63) is 97.2 Å². The van der Waals surface area contributed by atoms with Crippen LogP contribution in [0.5, 0.6) is 0 Å². The van der Waals surface area contributed by atoms with Crippen LogP contribution in [-0.2, 0) is 28.6 Å². The van der Waals surface area contributed by atoms with E-state index in [1.165, 1.54) is 161 Å². The van der Waals surface area contributed by atoms with Crippen molar-refractivity contribution < 1.29 is 28.6 Å². The zero-order chi connectivity index (χ0) is 57.1. The summed E-state index contributed by atoms with van der Waals surface area (Å²) in [6.45, 7) is 6.52. The van der Waals surface area contributed by atoms with Crippen molar-refractivity contribution in [1.82, 2.24) is 0 Å². The first-order valence-corrected chi connectivity index (χ1v) is 33.7. The Morgan fingerprint density at radius 2 is 0.494 bits per heavy atom. The van der Waals surface area contributed by atoms with Gasteiger partial charge in [-0.3, -0.25) is 14.4 Å². The third-order valence-electron chi connectivity index (χ3n) is 14.6. The van der Waals surface area contributed by atoms with E-state index in [0.717, 1.165) is 128 Å². The van der Waals surface area contributed by atoms with Gasteiger partial charge in [0.2, 0.25) is 0 Å². The van der Waals surface area contributed by atoms with Gasteiger partial charge in [-0.05, 0) is 103 Å². The highest BCUT2D eigenvalue weighted by Crippen LogP contribution is 2.17. The highest BCUT2D eigenvalue weighted by molar-refractivity contribution is 5.71. The topological polar surface area (TPSA) is 78.9 Å². The van der Waals surface area contributed by atoms with E-state index in [4.69, 9.17) is 14.2 Å². The van der Waals surface area contributed by atoms with Gasteiger partial charge in [0.05, 0.1) is 0 Å². The second-order valence-electron chi connectivity index (χ2n) is 22.4. The fraction of sp³-hybridized carbons (Fsp3) is 0.740. The standard InChI is InChI=1S/C73H126O6/c1-4-7-10-13-16-19-22-25-28-31-34-36-39-42-45-48-51-54-57-60-63-66-72(75)78-69-70(68-77-71(74)65-62-59-56-53-50-47-44-41-38-33-30-27-24-21-18-15-12-9-6-3)79-73(76)67-64-61-58-55-52-49-46-43-40-37-35-32-29-26-23-20-17-14-11-8-5-2/h7,10,16,18-19,21,25,27-28,30,34,36,38,41-42,45,70H,4-6,8-9,11-15,17,20,22-24,26,29,31-33,35,37,39-40,43-44,46-69H2,1-3H3/b10-7-,19-16-,21-18-,28-25-,30-27-,36-34-,41-38-,45-42-. The lowest BCUT2D eigenvalue weighted by Gasteiger charge is -2.18. The summed E-state index contributed by atoms with van der Waals surface area (Å²) in [4.78, 5) is 38.4. The molecule has 0 bridgehead atoms. The Kier molecular flexibility index (Phi) is 63.7. The van der Waals surface area contributed by atoms with Gasteiger partial charge in [0, 0.05) is 19.3 Å². The van der Waals surface area contributed by atoms with Crippen LogP contribution in [0.2, 0.25) is 0 Å². The molecule has 0 heterocycles. The predicted molar refractivity (Wildman–Crippen MR) is 344 cm³/mol. The first-order chi connectivity index (χ1) is 39.0. The molecule has 0 aromatic heterocycles. The number of hydrogen-bond acceptors (Lipinski definition) is 6. The van der Waals surface area contributed by atoms with Gasteiger partial charge in [-0.15, -0.1) is 0 Å². The van der Waals surface area contributed by atoms with Crippen molar-refractivity contribution in [3.8, 4) is 0 Å². The van der Waals surface area contributed by atoms with Gasteiger partial charge in [0.15, 0.2) is 6.10 Å². The van der Waals surface area contributed by atoms with Gasteiger partial charge in [-0.2, -0.15) is 0 Å². The molecule has 0 radical (unpaired) electrons. The number of hydrogen-bond donors (Lipinski definition) is 0. The van der Waals surface area contributed by atoms with Crippen molar-refractivity contribution in [2.45, 2.75) is 335 Å². The number of ether oxygens (including phenoxy) is 3. The summed E-state index contributed by atoms with van der Waals surface area (Å²) < 4.78 is 17.0. The first kappa shape index (κ1) is 75.3. The van der Waals surface area contributed by atoms with Crippen LogP contribution in [0.3, 0.4) is 0 Å². The maximum atomic E-state index is 13.0. The Morgan fingerprint density at radius 3 is 0.797 bits per heavy atom. The molecule has 0 spiro atoms. The van der Waals surface area contributed by atoms with Crippen LogP contribution in [0.15, 0.2) is 97.2 Å². The zero-order valence-electron chi connectivity index (χ0n) is 52.1. The number of carbonyl (C=O) groups is 3. The van der Waals surface area contributed by atoms with Crippen LogP contribution in [0.4, 0.5) is 0 Å². The molecular formula is C73H126O6. The van der Waals surface area contributed by atoms with E-state index >= 15 is 0 Å². The predicted octanol–water partition coefficient (Wildman–Crippen LogP) is 23.2. The summed E-state index contributed by atoms with van der Waals surface area (Å²) in [6.07, 6.45) is 89.8. The van der Waals surface area contributed by atoms with E-state index in [1.54, 1.807) is 0 Å². The molecule has 0 aliphatic heterocycles. The fourth-order valence-electron chi connectivity index (χ4n) is 9.54. The molecule has 1 atom stereocenters. The highest BCUT2D eigenvalue weighted by Gasteiger charge is 2.19. The first-order valence-electron chi connectivity index (χ1n) is 33.7. The molecule has 1 unspecified atom stereocenters. The van der Waals surface area contributed by atoms with Crippen LogP contribution in [0.25, 0.3) is 0 Å². The second kappa shape index (κ2) is 66.8. The van der Waals surface area contributed by atoms with Crippen molar-refractivity contribution in [1.29, 1.82) is 0 Å². The highest BCUT2D eigenvalue weighted by atomic mass is 16.6. The third kappa shape index (κ3) is 65.0. The zero-order valence-corrected chi connectivity index (χ0v) is 52.1. The minimum absolute atomic E-state index is 0.0888. The van der Waals surface area contributed by atoms with Crippen LogP contribution in [0.1, 0.15) is 329 Å². The average molecular weight is 1100 g/mol. The number of carbonyl (C=O) groups excluding carboxylic acids is 3. The molecule has 6 heteroatoms. The summed E-state index contributed by atoms with van der Waals surface area (Å²) >= 11 is 0. The number of rotatable bonds is 61. The lowest BCUT2D eigenvalue weighted by Crippen LogP contribution is -2.30. The molecule has 0 rings (SSSR count). The number of allylic oxidation sites excluding steroid dienone is 16. The van der Waals surface area contributed by atoms with Gasteiger partial charge in [-0.1, -0.05) is 304 Å². The molecule has 0 aliphatic carbocycles. The molecule has 0 aromatic rings. The van der Waals surface area contributed by atoms with Crippen molar-refractivity contribution in [2.24, 2.45) is 0 Å². The normalized spacial score (nSPS) is 12.7. The largest absolute Gasteiger partial charge is 0.462 e. The van der Waals surface area contributed by atoms with Crippen LogP contribution in [-0.4, -0.2) is 37.2 Å². The van der Waals surface area contributed by atoms with E-state index in [1.807, 2.05) is 0 Å². The SMILES string of the molecule is CC/C=C\C/C=C\C/C=C\C/C=C\C/C=C\CCCCCCCC(=O)OCC(COC(=O)CCCCCCCC/C=C\C/C=C\C/C=C\CCCCC)OC(=O)CCCCCCCCCCCCCCCCCCCCCCC. The molecule has 0 fully saturated rings. The maximum Gasteiger partial charge on any atom is 0.306 e. The van der Waals surface area contributed by atoms with E-state index in [0.29, 0.717) is 19.3 Å². The van der Waals surface area contributed by atoms with Gasteiger partial charge >= 0.3 is 17.9 Å². The van der Waals surface area contributed by atoms with Crippen molar-refractivity contribution in [2.75, 3.05) is 13.2 Å². The lowest BCUT2D eigenvalue weighted by atomic mass is 10.0. The molecule has 0 amide bonds. The molecule has 0 aromatic carbocycles. The number of unbranched alkanes of at least 4 members (excludes halogenated alkanes) is 34. The molecule has 0 aliphatic rings. The van der Waals surface area contributed by atoms with Gasteiger partial charge < -0.3 is 14.2 Å². The molecular weight excluding hydrogens is 973 g/mol. The Hall–Kier alpha value is -3.67. The van der Waals surface area contributed by atoms with E-state index in [-0.39, 0.29) is 31.1 Å². The minimum atomic E-state index is -0.793. The van der Waals surface area contributed by atoms with Crippen LogP contribution < -0.4 is 0 Å². The smallest absolute Gasteiger partial charge is 0.306 e. The van der Waals surface area contributed by atoms with Crippen LogP contribution in [0, 0.1) is 0 Å². The van der Waals surface area contributed by atoms with Crippen molar-refractivity contribution in [3.63, 3.8) is 0 Å². The minimum Gasteiger partial charge on any atom is -0.462 e. The Morgan fingerprint density at radius 1 is 0.266 bits per heavy atom. The monoisotopic (exact) mass is 1100 g/mol. The lowest BCUT2D eigenvalue weighted by molar-refractivity contribution is -0.167. The van der Waals surface area contributed by atoms with E-state index in [9.17, 15) is 14.4 Å². The maximum absolute atomic E-state index is 13.0. The number of esters is 3. The van der Waals surface area contributed by atoms with Crippen LogP contribution >= 0.6 is 0 Å². The summed E-state index contributed by atoms with van der Waals surface area (Å²) in [5.41, 5.74) is 0. The molecule has 0 N–H and O–H groups in total. The Labute approximate surface area is 489 Å². The quantitative estimate of drug-likeness (QED) is 0.0261. The molecule has 79 heavy (non-hydrogen) atoms.